The minimum atomic E-state index is -0.722. The predicted octanol–water partition coefficient (Wildman–Crippen LogP) is 2.54. The van der Waals surface area contributed by atoms with Gasteiger partial charge in [0, 0.05) is 11.4 Å². The topological polar surface area (TPSA) is 46.3 Å². The molecule has 0 saturated carbocycles. The first kappa shape index (κ1) is 12.6. The molecule has 0 aromatic carbocycles. The molecule has 0 spiro atoms. The summed E-state index contributed by atoms with van der Waals surface area (Å²) in [7, 11) is 0. The third kappa shape index (κ3) is 2.38. The molecule has 3 nitrogen and oxygen atoms in total. The van der Waals surface area contributed by atoms with Crippen LogP contribution in [-0.4, -0.2) is 22.9 Å². The van der Waals surface area contributed by atoms with Gasteiger partial charge in [0.05, 0.1) is 11.6 Å². The first-order valence-corrected chi connectivity index (χ1v) is 7.07. The second-order valence-corrected chi connectivity index (χ2v) is 5.92. The SMILES string of the molecule is CCC(C)(N)C(=O)N1CCCC1c1cccs1. The Kier molecular flexibility index (Phi) is 3.54. The van der Waals surface area contributed by atoms with Crippen LogP contribution in [0.15, 0.2) is 17.5 Å². The third-order valence-corrected chi connectivity index (χ3v) is 4.58. The number of likely N-dealkylation sites (tertiary alicyclic amines) is 1. The Bertz CT molecular complexity index is 386. The Labute approximate surface area is 107 Å². The Hall–Kier alpha value is -0.870. The van der Waals surface area contributed by atoms with Crippen LogP contribution < -0.4 is 5.73 Å². The van der Waals surface area contributed by atoms with Crippen LogP contribution in [0.4, 0.5) is 0 Å². The fourth-order valence-electron chi connectivity index (χ4n) is 2.27. The Morgan fingerprint density at radius 2 is 2.47 bits per heavy atom. The standard InChI is InChI=1S/C13H20N2OS/c1-3-13(2,14)12(16)15-8-4-6-10(15)11-7-5-9-17-11/h5,7,9-10H,3-4,6,8,14H2,1-2H3. The molecule has 4 heteroatoms. The van der Waals surface area contributed by atoms with Gasteiger partial charge in [-0.15, -0.1) is 11.3 Å². The molecule has 94 valence electrons. The highest BCUT2D eigenvalue weighted by atomic mass is 32.1. The van der Waals surface area contributed by atoms with Crippen molar-refractivity contribution in [2.24, 2.45) is 5.73 Å². The second-order valence-electron chi connectivity index (χ2n) is 4.94. The van der Waals surface area contributed by atoms with Crippen molar-refractivity contribution in [1.29, 1.82) is 0 Å². The van der Waals surface area contributed by atoms with E-state index in [9.17, 15) is 4.79 Å². The number of rotatable bonds is 3. The number of thiophene rings is 1. The van der Waals surface area contributed by atoms with Crippen molar-refractivity contribution >= 4 is 17.2 Å². The monoisotopic (exact) mass is 252 g/mol. The molecule has 1 aromatic rings. The van der Waals surface area contributed by atoms with Gasteiger partial charge in [0.15, 0.2) is 0 Å². The highest BCUT2D eigenvalue weighted by Gasteiger charge is 2.37. The Balaban J connectivity index is 2.18. The van der Waals surface area contributed by atoms with Gasteiger partial charge in [-0.05, 0) is 37.6 Å². The van der Waals surface area contributed by atoms with Crippen molar-refractivity contribution in [3.63, 3.8) is 0 Å². The number of carbonyl (C=O) groups excluding carboxylic acids is 1. The summed E-state index contributed by atoms with van der Waals surface area (Å²) in [5, 5.41) is 2.07. The van der Waals surface area contributed by atoms with E-state index < -0.39 is 5.54 Å². The largest absolute Gasteiger partial charge is 0.333 e. The van der Waals surface area contributed by atoms with Crippen LogP contribution in [0.3, 0.4) is 0 Å². The van der Waals surface area contributed by atoms with Gasteiger partial charge in [0.2, 0.25) is 5.91 Å². The molecule has 2 unspecified atom stereocenters. The third-order valence-electron chi connectivity index (χ3n) is 3.61. The minimum absolute atomic E-state index is 0.0934. The number of hydrogen-bond donors (Lipinski definition) is 1. The summed E-state index contributed by atoms with van der Waals surface area (Å²) in [6.07, 6.45) is 2.82. The van der Waals surface area contributed by atoms with E-state index in [1.807, 2.05) is 24.8 Å². The summed E-state index contributed by atoms with van der Waals surface area (Å²) in [6, 6.07) is 4.40. The van der Waals surface area contributed by atoms with E-state index in [4.69, 9.17) is 5.73 Å². The maximum absolute atomic E-state index is 12.4. The summed E-state index contributed by atoms with van der Waals surface area (Å²) in [5.41, 5.74) is 5.34. The van der Waals surface area contributed by atoms with Gasteiger partial charge in [-0.1, -0.05) is 13.0 Å². The number of carbonyl (C=O) groups is 1. The van der Waals surface area contributed by atoms with Gasteiger partial charge in [0.1, 0.15) is 0 Å². The normalized spacial score (nSPS) is 23.7. The van der Waals surface area contributed by atoms with Crippen LogP contribution in [-0.2, 0) is 4.79 Å². The Morgan fingerprint density at radius 1 is 1.71 bits per heavy atom. The van der Waals surface area contributed by atoms with Gasteiger partial charge in [0.25, 0.3) is 0 Å². The zero-order chi connectivity index (χ0) is 12.5. The average Bonchev–Trinajstić information content (AvgIpc) is 2.97. The molecule has 2 rings (SSSR count). The van der Waals surface area contributed by atoms with Gasteiger partial charge in [-0.3, -0.25) is 4.79 Å². The molecule has 1 fully saturated rings. The molecular weight excluding hydrogens is 232 g/mol. The van der Waals surface area contributed by atoms with Crippen LogP contribution in [0, 0.1) is 0 Å². The van der Waals surface area contributed by atoms with Crippen LogP contribution in [0.2, 0.25) is 0 Å². The molecule has 1 saturated heterocycles. The van der Waals surface area contributed by atoms with Crippen LogP contribution >= 0.6 is 11.3 Å². The van der Waals surface area contributed by atoms with Crippen molar-refractivity contribution in [1.82, 2.24) is 4.90 Å². The average molecular weight is 252 g/mol. The van der Waals surface area contributed by atoms with E-state index >= 15 is 0 Å². The molecule has 0 aliphatic carbocycles. The number of nitrogens with two attached hydrogens (primary N) is 1. The van der Waals surface area contributed by atoms with E-state index in [0.717, 1.165) is 19.4 Å². The highest BCUT2D eigenvalue weighted by molar-refractivity contribution is 7.10. The van der Waals surface area contributed by atoms with Crippen molar-refractivity contribution in [3.8, 4) is 0 Å². The molecule has 17 heavy (non-hydrogen) atoms. The summed E-state index contributed by atoms with van der Waals surface area (Å²) in [4.78, 5) is 15.7. The maximum atomic E-state index is 12.4. The molecule has 2 N–H and O–H groups in total. The van der Waals surface area contributed by atoms with Crippen molar-refractivity contribution in [3.05, 3.63) is 22.4 Å². The van der Waals surface area contributed by atoms with Gasteiger partial charge in [-0.25, -0.2) is 0 Å². The fraction of sp³-hybridized carbons (Fsp3) is 0.615. The van der Waals surface area contributed by atoms with E-state index in [1.54, 1.807) is 11.3 Å². The summed E-state index contributed by atoms with van der Waals surface area (Å²) in [6.45, 7) is 4.64. The maximum Gasteiger partial charge on any atom is 0.242 e. The fourth-order valence-corrected chi connectivity index (χ4v) is 3.14. The summed E-state index contributed by atoms with van der Waals surface area (Å²) >= 11 is 1.72. The first-order chi connectivity index (χ1) is 8.06. The zero-order valence-electron chi connectivity index (χ0n) is 10.5. The second kappa shape index (κ2) is 4.78. The lowest BCUT2D eigenvalue weighted by molar-refractivity contribution is -0.137. The number of amides is 1. The minimum Gasteiger partial charge on any atom is -0.333 e. The van der Waals surface area contributed by atoms with Crippen molar-refractivity contribution < 1.29 is 4.79 Å². The number of hydrogen-bond acceptors (Lipinski definition) is 3. The predicted molar refractivity (Wildman–Crippen MR) is 70.9 cm³/mol. The van der Waals surface area contributed by atoms with E-state index in [2.05, 4.69) is 11.4 Å². The van der Waals surface area contributed by atoms with Gasteiger partial charge < -0.3 is 10.6 Å². The summed E-state index contributed by atoms with van der Waals surface area (Å²) in [5.74, 6) is 0.0934. The summed E-state index contributed by atoms with van der Waals surface area (Å²) < 4.78 is 0. The van der Waals surface area contributed by atoms with E-state index in [0.29, 0.717) is 6.42 Å². The molecule has 0 bridgehead atoms. The lowest BCUT2D eigenvalue weighted by atomic mass is 9.98. The molecule has 0 radical (unpaired) electrons. The first-order valence-electron chi connectivity index (χ1n) is 6.19. The van der Waals surface area contributed by atoms with Gasteiger partial charge in [-0.2, -0.15) is 0 Å². The molecule has 2 atom stereocenters. The van der Waals surface area contributed by atoms with Crippen LogP contribution in [0.5, 0.6) is 0 Å². The molecule has 1 aromatic heterocycles. The molecule has 2 heterocycles. The van der Waals surface area contributed by atoms with Crippen LogP contribution in [0.1, 0.15) is 44.0 Å². The lowest BCUT2D eigenvalue weighted by Gasteiger charge is -2.32. The van der Waals surface area contributed by atoms with E-state index in [-0.39, 0.29) is 11.9 Å². The molecular formula is C13H20N2OS. The van der Waals surface area contributed by atoms with E-state index in [1.165, 1.54) is 4.88 Å². The van der Waals surface area contributed by atoms with Crippen molar-refractivity contribution in [2.75, 3.05) is 6.54 Å². The molecule has 1 amide bonds. The quantitative estimate of drug-likeness (QED) is 0.898. The van der Waals surface area contributed by atoms with Crippen LogP contribution in [0.25, 0.3) is 0 Å². The molecule has 1 aliphatic heterocycles. The smallest absolute Gasteiger partial charge is 0.242 e. The zero-order valence-corrected chi connectivity index (χ0v) is 11.3. The number of nitrogens with zero attached hydrogens (tertiary/aromatic N) is 1. The Morgan fingerprint density at radius 3 is 3.06 bits per heavy atom. The van der Waals surface area contributed by atoms with Crippen molar-refractivity contribution in [2.45, 2.75) is 44.7 Å². The lowest BCUT2D eigenvalue weighted by Crippen LogP contribution is -2.52. The van der Waals surface area contributed by atoms with Gasteiger partial charge >= 0.3 is 0 Å². The molecule has 1 aliphatic rings. The highest BCUT2D eigenvalue weighted by Crippen LogP contribution is 2.35.